The van der Waals surface area contributed by atoms with E-state index in [1.54, 1.807) is 30.5 Å². The maximum atomic E-state index is 6.11. The first-order valence-corrected chi connectivity index (χ1v) is 7.17. The molecule has 3 nitrogen and oxygen atoms in total. The summed E-state index contributed by atoms with van der Waals surface area (Å²) in [5.41, 5.74) is 0. The van der Waals surface area contributed by atoms with Gasteiger partial charge >= 0.3 is 0 Å². The van der Waals surface area contributed by atoms with E-state index in [0.29, 0.717) is 21.5 Å². The lowest BCUT2D eigenvalue weighted by Gasteiger charge is -2.10. The Kier molecular flexibility index (Phi) is 4.91. The van der Waals surface area contributed by atoms with Crippen LogP contribution in [0.4, 0.5) is 5.82 Å². The Morgan fingerprint density at radius 2 is 2.05 bits per heavy atom. The summed E-state index contributed by atoms with van der Waals surface area (Å²) in [6.07, 6.45) is 1.67. The lowest BCUT2D eigenvalue weighted by atomic mass is 10.3. The quantitative estimate of drug-likeness (QED) is 0.742. The first-order chi connectivity index (χ1) is 9.10. The predicted molar refractivity (Wildman–Crippen MR) is 82.6 cm³/mol. The molecule has 0 saturated heterocycles. The molecule has 0 bridgehead atoms. The van der Waals surface area contributed by atoms with Crippen molar-refractivity contribution in [1.82, 2.24) is 4.98 Å². The topological polar surface area (TPSA) is 34.1 Å². The van der Waals surface area contributed by atoms with E-state index in [0.717, 1.165) is 16.8 Å². The Hall–Kier alpha value is -0.970. The normalized spacial score (nSPS) is 10.3. The molecule has 1 N–H and O–H groups in total. The Labute approximate surface area is 130 Å². The molecule has 0 amide bonds. The molecule has 1 heterocycles. The largest absolute Gasteiger partial charge is 0.456 e. The van der Waals surface area contributed by atoms with E-state index < -0.39 is 0 Å². The molecule has 6 heteroatoms. The highest BCUT2D eigenvalue weighted by Crippen LogP contribution is 2.36. The Morgan fingerprint density at radius 1 is 1.26 bits per heavy atom. The molecule has 2 aromatic rings. The van der Waals surface area contributed by atoms with Gasteiger partial charge in [-0.3, -0.25) is 0 Å². The van der Waals surface area contributed by atoms with Crippen LogP contribution in [-0.2, 0) is 0 Å². The maximum absolute atomic E-state index is 6.11. The summed E-state index contributed by atoms with van der Waals surface area (Å²) in [5.74, 6) is 1.90. The molecule has 2 rings (SSSR count). The van der Waals surface area contributed by atoms with Gasteiger partial charge in [0, 0.05) is 29.3 Å². The smallest absolute Gasteiger partial charge is 0.147 e. The van der Waals surface area contributed by atoms with Gasteiger partial charge in [0.2, 0.25) is 0 Å². The zero-order valence-electron chi connectivity index (χ0n) is 10.1. The standard InChI is InChI=1S/C13H11BrCl2N2O/c1-2-17-13-5-8(3-4-18-13)19-12-7-10(15)9(14)6-11(12)16/h3-7H,2H2,1H3,(H,17,18). The van der Waals surface area contributed by atoms with Crippen molar-refractivity contribution in [3.63, 3.8) is 0 Å². The molecule has 100 valence electrons. The SMILES string of the molecule is CCNc1cc(Oc2cc(Cl)c(Br)cc2Cl)ccn1. The van der Waals surface area contributed by atoms with Gasteiger partial charge in [-0.05, 0) is 35.0 Å². The number of pyridine rings is 1. The molecule has 0 spiro atoms. The minimum atomic E-state index is 0.484. The number of hydrogen-bond donors (Lipinski definition) is 1. The van der Waals surface area contributed by atoms with E-state index in [1.807, 2.05) is 6.92 Å². The van der Waals surface area contributed by atoms with E-state index in [-0.39, 0.29) is 0 Å². The van der Waals surface area contributed by atoms with Crippen LogP contribution in [0, 0.1) is 0 Å². The number of halogens is 3. The number of nitrogens with one attached hydrogen (secondary N) is 1. The van der Waals surface area contributed by atoms with Gasteiger partial charge in [0.05, 0.1) is 10.0 Å². The third-order valence-electron chi connectivity index (χ3n) is 2.29. The number of hydrogen-bond acceptors (Lipinski definition) is 3. The van der Waals surface area contributed by atoms with Crippen LogP contribution in [0.15, 0.2) is 34.9 Å². The fourth-order valence-electron chi connectivity index (χ4n) is 1.46. The lowest BCUT2D eigenvalue weighted by Crippen LogP contribution is -1.98. The van der Waals surface area contributed by atoms with Crippen molar-refractivity contribution in [2.75, 3.05) is 11.9 Å². The van der Waals surface area contributed by atoms with E-state index in [2.05, 4.69) is 26.2 Å². The van der Waals surface area contributed by atoms with E-state index in [4.69, 9.17) is 27.9 Å². The van der Waals surface area contributed by atoms with Crippen LogP contribution in [0.5, 0.6) is 11.5 Å². The zero-order chi connectivity index (χ0) is 13.8. The van der Waals surface area contributed by atoms with E-state index in [1.165, 1.54) is 0 Å². The molecule has 0 saturated carbocycles. The minimum Gasteiger partial charge on any atom is -0.456 e. The lowest BCUT2D eigenvalue weighted by molar-refractivity contribution is 0.482. The molecule has 19 heavy (non-hydrogen) atoms. The van der Waals surface area contributed by atoms with Gasteiger partial charge < -0.3 is 10.1 Å². The van der Waals surface area contributed by atoms with E-state index in [9.17, 15) is 0 Å². The average Bonchev–Trinajstić information content (AvgIpc) is 2.37. The average molecular weight is 362 g/mol. The predicted octanol–water partition coefficient (Wildman–Crippen LogP) is 5.38. The van der Waals surface area contributed by atoms with Crippen LogP contribution in [0.2, 0.25) is 10.0 Å². The Balaban J connectivity index is 2.25. The molecule has 1 aromatic carbocycles. The van der Waals surface area contributed by atoms with Gasteiger partial charge in [-0.1, -0.05) is 23.2 Å². The summed E-state index contributed by atoms with van der Waals surface area (Å²) in [5, 5.41) is 4.14. The summed E-state index contributed by atoms with van der Waals surface area (Å²) in [6, 6.07) is 6.93. The van der Waals surface area contributed by atoms with Crippen LogP contribution >= 0.6 is 39.1 Å². The van der Waals surface area contributed by atoms with Crippen molar-refractivity contribution in [3.8, 4) is 11.5 Å². The van der Waals surface area contributed by atoms with Crippen LogP contribution in [0.1, 0.15) is 6.92 Å². The van der Waals surface area contributed by atoms with Crippen molar-refractivity contribution < 1.29 is 4.74 Å². The van der Waals surface area contributed by atoms with Gasteiger partial charge in [0.15, 0.2) is 0 Å². The van der Waals surface area contributed by atoms with Crippen LogP contribution < -0.4 is 10.1 Å². The molecule has 0 unspecified atom stereocenters. The van der Waals surface area contributed by atoms with Crippen LogP contribution in [0.25, 0.3) is 0 Å². The first-order valence-electron chi connectivity index (χ1n) is 5.62. The molecule has 0 aliphatic carbocycles. The number of ether oxygens (including phenoxy) is 1. The molecule has 0 atom stereocenters. The van der Waals surface area contributed by atoms with Crippen molar-refractivity contribution in [2.45, 2.75) is 6.92 Å². The number of nitrogens with zero attached hydrogens (tertiary/aromatic N) is 1. The van der Waals surface area contributed by atoms with E-state index >= 15 is 0 Å². The minimum absolute atomic E-state index is 0.484. The molecule has 0 radical (unpaired) electrons. The second kappa shape index (κ2) is 6.46. The van der Waals surface area contributed by atoms with Crippen molar-refractivity contribution in [3.05, 3.63) is 45.0 Å². The highest BCUT2D eigenvalue weighted by molar-refractivity contribution is 9.10. The Morgan fingerprint density at radius 3 is 2.79 bits per heavy atom. The summed E-state index contributed by atoms with van der Waals surface area (Å²) < 4.78 is 6.45. The third-order valence-corrected chi connectivity index (χ3v) is 3.78. The van der Waals surface area contributed by atoms with Gasteiger partial charge in [-0.15, -0.1) is 0 Å². The monoisotopic (exact) mass is 360 g/mol. The van der Waals surface area contributed by atoms with Gasteiger partial charge in [0.25, 0.3) is 0 Å². The molecule has 0 fully saturated rings. The van der Waals surface area contributed by atoms with Gasteiger partial charge in [-0.25, -0.2) is 4.98 Å². The van der Waals surface area contributed by atoms with Crippen LogP contribution in [0.3, 0.4) is 0 Å². The number of rotatable bonds is 4. The zero-order valence-corrected chi connectivity index (χ0v) is 13.2. The molecule has 1 aromatic heterocycles. The summed E-state index contributed by atoms with van der Waals surface area (Å²) in [7, 11) is 0. The number of benzene rings is 1. The highest BCUT2D eigenvalue weighted by Gasteiger charge is 2.08. The second-order valence-electron chi connectivity index (χ2n) is 3.71. The third kappa shape index (κ3) is 3.75. The maximum Gasteiger partial charge on any atom is 0.147 e. The van der Waals surface area contributed by atoms with Crippen LogP contribution in [-0.4, -0.2) is 11.5 Å². The summed E-state index contributed by atoms with van der Waals surface area (Å²) in [6.45, 7) is 2.79. The van der Waals surface area contributed by atoms with Crippen molar-refractivity contribution >= 4 is 44.9 Å². The molecule has 0 aliphatic rings. The van der Waals surface area contributed by atoms with Crippen molar-refractivity contribution in [1.29, 1.82) is 0 Å². The molecule has 0 aliphatic heterocycles. The number of anilines is 1. The summed E-state index contributed by atoms with van der Waals surface area (Å²) in [4.78, 5) is 4.17. The van der Waals surface area contributed by atoms with Crippen molar-refractivity contribution in [2.24, 2.45) is 0 Å². The molecular formula is C13H11BrCl2N2O. The first kappa shape index (κ1) is 14.4. The number of aromatic nitrogens is 1. The highest BCUT2D eigenvalue weighted by atomic mass is 79.9. The second-order valence-corrected chi connectivity index (χ2v) is 5.37. The Bertz CT molecular complexity index is 593. The molecular weight excluding hydrogens is 351 g/mol. The fraction of sp³-hybridized carbons (Fsp3) is 0.154. The summed E-state index contributed by atoms with van der Waals surface area (Å²) >= 11 is 15.4. The van der Waals surface area contributed by atoms with Gasteiger partial charge in [0.1, 0.15) is 17.3 Å². The fourth-order valence-corrected chi connectivity index (χ4v) is 2.29. The van der Waals surface area contributed by atoms with Gasteiger partial charge in [-0.2, -0.15) is 0 Å².